The number of hydrogen-bond donors (Lipinski definition) is 1. The molecule has 0 bridgehead atoms. The van der Waals surface area contributed by atoms with Crippen molar-refractivity contribution >= 4 is 11.8 Å². The van der Waals surface area contributed by atoms with Crippen LogP contribution in [0.25, 0.3) is 0 Å². The van der Waals surface area contributed by atoms with Crippen LogP contribution in [0.2, 0.25) is 0 Å². The van der Waals surface area contributed by atoms with Gasteiger partial charge in [-0.2, -0.15) is 0 Å². The molecule has 5 nitrogen and oxygen atoms in total. The summed E-state index contributed by atoms with van der Waals surface area (Å²) in [6, 6.07) is 25.5. The van der Waals surface area contributed by atoms with Gasteiger partial charge in [0.25, 0.3) is 5.91 Å². The van der Waals surface area contributed by atoms with Crippen molar-refractivity contribution in [3.63, 3.8) is 0 Å². The van der Waals surface area contributed by atoms with E-state index in [4.69, 9.17) is 4.74 Å². The van der Waals surface area contributed by atoms with Crippen molar-refractivity contribution in [2.45, 2.75) is 43.7 Å². The molecule has 0 spiro atoms. The van der Waals surface area contributed by atoms with Crippen molar-refractivity contribution in [3.8, 4) is 5.75 Å². The number of carbonyl (C=O) groups excluding carboxylic acids is 2. The van der Waals surface area contributed by atoms with Crippen molar-refractivity contribution in [3.05, 3.63) is 101 Å². The molecule has 1 aliphatic heterocycles. The molecule has 0 aromatic heterocycles. The van der Waals surface area contributed by atoms with Crippen LogP contribution in [0.4, 0.5) is 0 Å². The number of amides is 2. The molecule has 0 saturated heterocycles. The Bertz CT molecular complexity index is 1170. The van der Waals surface area contributed by atoms with E-state index >= 15 is 0 Å². The van der Waals surface area contributed by atoms with Gasteiger partial charge in [0.15, 0.2) is 0 Å². The molecule has 1 saturated carbocycles. The Morgan fingerprint density at radius 3 is 2.53 bits per heavy atom. The van der Waals surface area contributed by atoms with E-state index in [-0.39, 0.29) is 23.9 Å². The highest BCUT2D eigenvalue weighted by molar-refractivity contribution is 6.01. The Balaban J connectivity index is 1.45. The molecular weight excluding hydrogens is 424 g/mol. The number of ether oxygens (including phenoxy) is 1. The standard InChI is InChI=1S/C29H30N2O3/c1-34-23-13-7-12-21(19-23)27-26(28(32)30-18-8-11-20-9-3-2-4-10-20)24-14-5-6-15-25(24)29(33)31(27)22-16-17-22/h2-7,9-10,12-15,19,22,26-27H,8,11,16-18H2,1H3,(H,30,32)/t26-,27+/m0/s1. The van der Waals surface area contributed by atoms with Gasteiger partial charge in [-0.1, -0.05) is 60.7 Å². The maximum atomic E-state index is 13.7. The number of methoxy groups -OCH3 is 1. The van der Waals surface area contributed by atoms with Crippen LogP contribution in [0.1, 0.15) is 58.3 Å². The summed E-state index contributed by atoms with van der Waals surface area (Å²) in [5, 5.41) is 3.18. The van der Waals surface area contributed by atoms with E-state index in [1.54, 1.807) is 7.11 Å². The van der Waals surface area contributed by atoms with Crippen LogP contribution in [0.15, 0.2) is 78.9 Å². The molecule has 1 heterocycles. The maximum absolute atomic E-state index is 13.7. The first kappa shape index (κ1) is 22.2. The number of carbonyl (C=O) groups is 2. The number of aryl methyl sites for hydroxylation is 1. The van der Waals surface area contributed by atoms with Gasteiger partial charge in [0.1, 0.15) is 5.75 Å². The van der Waals surface area contributed by atoms with E-state index in [0.29, 0.717) is 12.1 Å². The van der Waals surface area contributed by atoms with Crippen LogP contribution in [-0.2, 0) is 11.2 Å². The fourth-order valence-electron chi connectivity index (χ4n) is 5.03. The highest BCUT2D eigenvalue weighted by Crippen LogP contribution is 2.48. The SMILES string of the molecule is COc1cccc([C@@H]2[C@@H](C(=O)NCCCc3ccccc3)c3ccccc3C(=O)N2C2CC2)c1. The van der Waals surface area contributed by atoms with Crippen molar-refractivity contribution in [2.75, 3.05) is 13.7 Å². The van der Waals surface area contributed by atoms with Gasteiger partial charge in [0.2, 0.25) is 5.91 Å². The van der Waals surface area contributed by atoms with Crippen LogP contribution in [-0.4, -0.2) is 36.4 Å². The normalized spacial score (nSPS) is 19.4. The first-order valence-corrected chi connectivity index (χ1v) is 12.0. The summed E-state index contributed by atoms with van der Waals surface area (Å²) in [7, 11) is 1.63. The van der Waals surface area contributed by atoms with Gasteiger partial charge in [-0.05, 0) is 60.6 Å². The molecule has 2 atom stereocenters. The van der Waals surface area contributed by atoms with Crippen LogP contribution < -0.4 is 10.1 Å². The Labute approximate surface area is 200 Å². The summed E-state index contributed by atoms with van der Waals surface area (Å²) in [6.45, 7) is 0.592. The minimum atomic E-state index is -0.474. The van der Waals surface area contributed by atoms with Crippen LogP contribution in [0, 0.1) is 0 Å². The highest BCUT2D eigenvalue weighted by Gasteiger charge is 2.49. The summed E-state index contributed by atoms with van der Waals surface area (Å²) in [5.74, 6) is 0.227. The summed E-state index contributed by atoms with van der Waals surface area (Å²) in [6.07, 6.45) is 3.72. The number of hydrogen-bond acceptors (Lipinski definition) is 3. The van der Waals surface area contributed by atoms with Gasteiger partial charge >= 0.3 is 0 Å². The van der Waals surface area contributed by atoms with Crippen LogP contribution >= 0.6 is 0 Å². The molecule has 3 aromatic rings. The Morgan fingerprint density at radius 2 is 1.76 bits per heavy atom. The molecule has 1 aliphatic carbocycles. The lowest BCUT2D eigenvalue weighted by molar-refractivity contribution is -0.124. The zero-order chi connectivity index (χ0) is 23.5. The van der Waals surface area contributed by atoms with Gasteiger partial charge < -0.3 is 15.0 Å². The smallest absolute Gasteiger partial charge is 0.254 e. The molecule has 2 amide bonds. The third-order valence-corrected chi connectivity index (χ3v) is 6.82. The Kier molecular flexibility index (Phi) is 6.35. The lowest BCUT2D eigenvalue weighted by Crippen LogP contribution is -2.48. The molecule has 0 radical (unpaired) electrons. The molecule has 1 fully saturated rings. The van der Waals surface area contributed by atoms with Crippen molar-refractivity contribution in [2.24, 2.45) is 0 Å². The molecule has 0 unspecified atom stereocenters. The number of rotatable bonds is 8. The van der Waals surface area contributed by atoms with E-state index in [1.165, 1.54) is 5.56 Å². The zero-order valence-electron chi connectivity index (χ0n) is 19.4. The predicted octanol–water partition coefficient (Wildman–Crippen LogP) is 4.89. The molecule has 3 aromatic carbocycles. The number of nitrogens with one attached hydrogen (secondary N) is 1. The predicted molar refractivity (Wildman–Crippen MR) is 132 cm³/mol. The molecule has 34 heavy (non-hydrogen) atoms. The van der Waals surface area contributed by atoms with E-state index in [9.17, 15) is 9.59 Å². The summed E-state index contributed by atoms with van der Waals surface area (Å²) in [5.41, 5.74) is 3.63. The second-order valence-corrected chi connectivity index (χ2v) is 9.11. The van der Waals surface area contributed by atoms with E-state index < -0.39 is 5.92 Å². The quantitative estimate of drug-likeness (QED) is 0.493. The maximum Gasteiger partial charge on any atom is 0.254 e. The zero-order valence-corrected chi connectivity index (χ0v) is 19.4. The monoisotopic (exact) mass is 454 g/mol. The Morgan fingerprint density at radius 1 is 1.00 bits per heavy atom. The third kappa shape index (κ3) is 4.43. The minimum absolute atomic E-state index is 0.0130. The van der Waals surface area contributed by atoms with Gasteiger partial charge in [-0.25, -0.2) is 0 Å². The summed E-state index contributed by atoms with van der Waals surface area (Å²) in [4.78, 5) is 29.3. The molecule has 5 heteroatoms. The van der Waals surface area contributed by atoms with Crippen molar-refractivity contribution in [1.29, 1.82) is 0 Å². The van der Waals surface area contributed by atoms with Gasteiger partial charge in [-0.15, -0.1) is 0 Å². The summed E-state index contributed by atoms with van der Waals surface area (Å²) >= 11 is 0. The van der Waals surface area contributed by atoms with E-state index in [0.717, 1.165) is 42.6 Å². The molecule has 1 N–H and O–H groups in total. The lowest BCUT2D eigenvalue weighted by atomic mass is 9.79. The fourth-order valence-corrected chi connectivity index (χ4v) is 5.03. The first-order chi connectivity index (χ1) is 16.7. The fraction of sp³-hybridized carbons (Fsp3) is 0.310. The third-order valence-electron chi connectivity index (χ3n) is 6.82. The Hall–Kier alpha value is -3.60. The highest BCUT2D eigenvalue weighted by atomic mass is 16.5. The number of fused-ring (bicyclic) bond motifs is 1. The molecule has 2 aliphatic rings. The van der Waals surface area contributed by atoms with Gasteiger partial charge in [0.05, 0.1) is 19.1 Å². The summed E-state index contributed by atoms with van der Waals surface area (Å²) < 4.78 is 5.47. The van der Waals surface area contributed by atoms with Gasteiger partial charge in [-0.3, -0.25) is 9.59 Å². The average Bonchev–Trinajstić information content (AvgIpc) is 3.72. The molecule has 174 valence electrons. The number of nitrogens with zero attached hydrogens (tertiary/aromatic N) is 1. The average molecular weight is 455 g/mol. The molecule has 5 rings (SSSR count). The second kappa shape index (κ2) is 9.72. The molecular formula is C29H30N2O3. The van der Waals surface area contributed by atoms with Gasteiger partial charge in [0, 0.05) is 18.2 Å². The second-order valence-electron chi connectivity index (χ2n) is 9.11. The van der Waals surface area contributed by atoms with E-state index in [2.05, 4.69) is 17.4 Å². The van der Waals surface area contributed by atoms with E-state index in [1.807, 2.05) is 71.6 Å². The number of benzene rings is 3. The topological polar surface area (TPSA) is 58.6 Å². The minimum Gasteiger partial charge on any atom is -0.497 e. The van der Waals surface area contributed by atoms with Crippen LogP contribution in [0.3, 0.4) is 0 Å². The van der Waals surface area contributed by atoms with Crippen molar-refractivity contribution < 1.29 is 14.3 Å². The first-order valence-electron chi connectivity index (χ1n) is 12.0. The van der Waals surface area contributed by atoms with Crippen LogP contribution in [0.5, 0.6) is 5.75 Å². The largest absolute Gasteiger partial charge is 0.497 e. The lowest BCUT2D eigenvalue weighted by Gasteiger charge is -2.42. The van der Waals surface area contributed by atoms with Crippen molar-refractivity contribution in [1.82, 2.24) is 10.2 Å².